The first-order valence-electron chi connectivity index (χ1n) is 9.57. The van der Waals surface area contributed by atoms with Gasteiger partial charge in [-0.1, -0.05) is 64.7 Å². The van der Waals surface area contributed by atoms with Gasteiger partial charge in [-0.3, -0.25) is 14.5 Å². The largest absolute Gasteiger partial charge is 0.481 e. The van der Waals surface area contributed by atoms with E-state index in [1.165, 1.54) is 51.4 Å². The van der Waals surface area contributed by atoms with E-state index in [-0.39, 0.29) is 19.6 Å². The molecule has 146 valence electrons. The lowest BCUT2D eigenvalue weighted by molar-refractivity contribution is -0.157. The van der Waals surface area contributed by atoms with Crippen LogP contribution in [0.2, 0.25) is 0 Å². The molecule has 0 bridgehead atoms. The molecule has 1 N–H and O–H groups in total. The molecule has 0 aliphatic carbocycles. The van der Waals surface area contributed by atoms with Gasteiger partial charge in [0.05, 0.1) is 6.42 Å². The average molecular weight is 357 g/mol. The normalized spacial score (nSPS) is 10.8. The molecule has 0 unspecified atom stereocenters. The molecule has 6 nitrogen and oxygen atoms in total. The Bertz CT molecular complexity index is 384. The fourth-order valence-electron chi connectivity index (χ4n) is 2.51. The van der Waals surface area contributed by atoms with Gasteiger partial charge in [0, 0.05) is 13.0 Å². The van der Waals surface area contributed by atoms with E-state index in [1.54, 1.807) is 0 Å². The van der Waals surface area contributed by atoms with E-state index in [9.17, 15) is 14.4 Å². The van der Waals surface area contributed by atoms with E-state index >= 15 is 0 Å². The number of carbonyl (C=O) groups excluding carboxylic acids is 2. The van der Waals surface area contributed by atoms with Crippen LogP contribution in [0.5, 0.6) is 0 Å². The summed E-state index contributed by atoms with van der Waals surface area (Å²) in [5.41, 5.74) is 0. The molecule has 0 fully saturated rings. The lowest BCUT2D eigenvalue weighted by Gasteiger charge is -2.16. The summed E-state index contributed by atoms with van der Waals surface area (Å²) >= 11 is 0. The Balaban J connectivity index is 3.49. The fourth-order valence-corrected chi connectivity index (χ4v) is 2.51. The summed E-state index contributed by atoms with van der Waals surface area (Å²) in [5, 5.41) is 8.47. The highest BCUT2D eigenvalue weighted by molar-refractivity contribution is 6.33. The molecule has 0 saturated carbocycles. The second-order valence-electron chi connectivity index (χ2n) is 6.64. The van der Waals surface area contributed by atoms with Crippen LogP contribution in [0.4, 0.5) is 0 Å². The van der Waals surface area contributed by atoms with Gasteiger partial charge in [0.1, 0.15) is 6.73 Å². The monoisotopic (exact) mass is 357 g/mol. The van der Waals surface area contributed by atoms with Gasteiger partial charge in [-0.15, -0.1) is 0 Å². The molecule has 0 saturated heterocycles. The number of aliphatic carboxylic acids is 1. The molecule has 0 heterocycles. The average Bonchev–Trinajstić information content (AvgIpc) is 2.59. The molecule has 0 aromatic carbocycles. The fraction of sp³-hybridized carbons (Fsp3) is 0.842. The van der Waals surface area contributed by atoms with Gasteiger partial charge in [-0.25, -0.2) is 4.79 Å². The van der Waals surface area contributed by atoms with Crippen molar-refractivity contribution in [2.24, 2.45) is 0 Å². The van der Waals surface area contributed by atoms with Crippen molar-refractivity contribution in [1.82, 2.24) is 4.90 Å². The van der Waals surface area contributed by atoms with E-state index < -0.39 is 17.7 Å². The molecule has 0 aromatic rings. The number of hydrogen-bond acceptors (Lipinski definition) is 5. The molecular formula is C19H35NO5. The van der Waals surface area contributed by atoms with Gasteiger partial charge in [-0.05, 0) is 13.5 Å². The van der Waals surface area contributed by atoms with Crippen LogP contribution in [0.25, 0.3) is 0 Å². The van der Waals surface area contributed by atoms with Gasteiger partial charge in [-0.2, -0.15) is 0 Å². The van der Waals surface area contributed by atoms with Crippen LogP contribution in [0.3, 0.4) is 0 Å². The number of nitrogens with zero attached hydrogens (tertiary/aromatic N) is 1. The minimum atomic E-state index is -1.10. The minimum absolute atomic E-state index is 0.0646. The number of carbonyl (C=O) groups is 3. The van der Waals surface area contributed by atoms with Gasteiger partial charge in [0.2, 0.25) is 5.78 Å². The molecule has 0 aliphatic heterocycles. The second kappa shape index (κ2) is 16.1. The van der Waals surface area contributed by atoms with Crippen molar-refractivity contribution in [3.63, 3.8) is 0 Å². The third-order valence-electron chi connectivity index (χ3n) is 4.10. The Kier molecular flexibility index (Phi) is 15.1. The molecule has 0 amide bonds. The third kappa shape index (κ3) is 15.8. The van der Waals surface area contributed by atoms with Crippen molar-refractivity contribution < 1.29 is 24.2 Å². The first-order valence-corrected chi connectivity index (χ1v) is 9.57. The number of carboxylic acids is 1. The number of Topliss-reactive ketones (excluding diaryl/α,β-unsaturated/α-hetero) is 1. The molecule has 0 spiro atoms. The molecule has 0 radical (unpaired) electrons. The van der Waals surface area contributed by atoms with Crippen molar-refractivity contribution in [3.8, 4) is 0 Å². The van der Waals surface area contributed by atoms with Crippen LogP contribution in [0, 0.1) is 0 Å². The summed E-state index contributed by atoms with van der Waals surface area (Å²) in [6.45, 7) is 3.11. The molecule has 0 aliphatic rings. The predicted molar refractivity (Wildman–Crippen MR) is 97.3 cm³/mol. The molecule has 6 heteroatoms. The Morgan fingerprint density at radius 3 is 1.88 bits per heavy atom. The maximum atomic E-state index is 11.4. The molecule has 0 rings (SSSR count). The van der Waals surface area contributed by atoms with E-state index in [4.69, 9.17) is 9.84 Å². The lowest BCUT2D eigenvalue weighted by atomic mass is 10.1. The number of rotatable bonds is 17. The van der Waals surface area contributed by atoms with Crippen molar-refractivity contribution in [2.45, 2.75) is 84.0 Å². The number of unbranched alkanes of at least 4 members (excludes halogenated alkanes) is 9. The Morgan fingerprint density at radius 2 is 1.36 bits per heavy atom. The van der Waals surface area contributed by atoms with Crippen LogP contribution < -0.4 is 0 Å². The quantitative estimate of drug-likeness (QED) is 0.185. The maximum absolute atomic E-state index is 11.4. The van der Waals surface area contributed by atoms with Crippen LogP contribution >= 0.6 is 0 Å². The highest BCUT2D eigenvalue weighted by Gasteiger charge is 2.17. The number of esters is 1. The molecular weight excluding hydrogens is 322 g/mol. The zero-order valence-electron chi connectivity index (χ0n) is 15.9. The zero-order chi connectivity index (χ0) is 18.9. The highest BCUT2D eigenvalue weighted by atomic mass is 16.5. The van der Waals surface area contributed by atoms with Crippen molar-refractivity contribution in [3.05, 3.63) is 0 Å². The summed E-state index contributed by atoms with van der Waals surface area (Å²) in [5.74, 6) is -2.83. The summed E-state index contributed by atoms with van der Waals surface area (Å²) in [6.07, 6.45) is 12.1. The van der Waals surface area contributed by atoms with E-state index in [1.807, 2.05) is 11.9 Å². The summed E-state index contributed by atoms with van der Waals surface area (Å²) in [4.78, 5) is 35.0. The summed E-state index contributed by atoms with van der Waals surface area (Å²) in [7, 11) is 1.84. The Morgan fingerprint density at radius 1 is 0.840 bits per heavy atom. The maximum Gasteiger partial charge on any atom is 0.375 e. The second-order valence-corrected chi connectivity index (χ2v) is 6.64. The Labute approximate surface area is 151 Å². The van der Waals surface area contributed by atoms with Gasteiger partial charge in [0.25, 0.3) is 0 Å². The summed E-state index contributed by atoms with van der Waals surface area (Å²) < 4.78 is 4.88. The number of ketones is 1. The van der Waals surface area contributed by atoms with Crippen molar-refractivity contribution in [1.29, 1.82) is 0 Å². The van der Waals surface area contributed by atoms with Crippen LogP contribution in [0.15, 0.2) is 0 Å². The van der Waals surface area contributed by atoms with E-state index in [0.717, 1.165) is 19.4 Å². The predicted octanol–water partition coefficient (Wildman–Crippen LogP) is 3.77. The molecule has 25 heavy (non-hydrogen) atoms. The van der Waals surface area contributed by atoms with Crippen LogP contribution in [0.1, 0.15) is 84.0 Å². The lowest BCUT2D eigenvalue weighted by Crippen LogP contribution is -2.28. The number of ether oxygens (including phenoxy) is 1. The van der Waals surface area contributed by atoms with Gasteiger partial charge >= 0.3 is 11.9 Å². The van der Waals surface area contributed by atoms with Gasteiger partial charge in [0.15, 0.2) is 0 Å². The van der Waals surface area contributed by atoms with Crippen molar-refractivity contribution in [2.75, 3.05) is 20.3 Å². The SMILES string of the molecule is CCCCCCCCCCCCN(C)COC(=O)C(=O)CCC(=O)O. The number of hydrogen-bond donors (Lipinski definition) is 1. The van der Waals surface area contributed by atoms with Crippen LogP contribution in [-0.4, -0.2) is 48.1 Å². The standard InChI is InChI=1S/C19H35NO5/c1-3-4-5-6-7-8-9-10-11-12-15-20(2)16-25-19(24)17(21)13-14-18(22)23/h3-16H2,1-2H3,(H,22,23). The topological polar surface area (TPSA) is 83.9 Å². The third-order valence-corrected chi connectivity index (χ3v) is 4.10. The van der Waals surface area contributed by atoms with Crippen molar-refractivity contribution >= 4 is 17.7 Å². The number of carboxylic acid groups (broad SMARTS) is 1. The smallest absolute Gasteiger partial charge is 0.375 e. The van der Waals surface area contributed by atoms with Crippen LogP contribution in [-0.2, 0) is 19.1 Å². The first kappa shape index (κ1) is 23.6. The molecule has 0 atom stereocenters. The van der Waals surface area contributed by atoms with Gasteiger partial charge < -0.3 is 9.84 Å². The highest BCUT2D eigenvalue weighted by Crippen LogP contribution is 2.10. The van der Waals surface area contributed by atoms with E-state index in [2.05, 4.69) is 6.92 Å². The van der Waals surface area contributed by atoms with E-state index in [0.29, 0.717) is 0 Å². The Hall–Kier alpha value is -1.43. The molecule has 0 aromatic heterocycles. The zero-order valence-corrected chi connectivity index (χ0v) is 15.9. The summed E-state index contributed by atoms with van der Waals surface area (Å²) in [6, 6.07) is 0. The first-order chi connectivity index (χ1) is 12.0. The minimum Gasteiger partial charge on any atom is -0.481 e.